The Morgan fingerprint density at radius 1 is 1.56 bits per heavy atom. The summed E-state index contributed by atoms with van der Waals surface area (Å²) < 4.78 is 0.904. The lowest BCUT2D eigenvalue weighted by Crippen LogP contribution is -2.51. The summed E-state index contributed by atoms with van der Waals surface area (Å²) in [5.41, 5.74) is 4.70. The van der Waals surface area contributed by atoms with Gasteiger partial charge in [-0.3, -0.25) is 4.79 Å². The second-order valence-corrected chi connectivity index (χ2v) is 6.59. The van der Waals surface area contributed by atoms with E-state index in [-0.39, 0.29) is 5.91 Å². The van der Waals surface area contributed by atoms with Gasteiger partial charge in [-0.15, -0.1) is 10.2 Å². The number of nitrogens with two attached hydrogens (primary N) is 1. The van der Waals surface area contributed by atoms with Crippen LogP contribution in [0.15, 0.2) is 4.34 Å². The van der Waals surface area contributed by atoms with Gasteiger partial charge in [-0.05, 0) is 20.4 Å². The van der Waals surface area contributed by atoms with Crippen molar-refractivity contribution in [2.45, 2.75) is 23.2 Å². The summed E-state index contributed by atoms with van der Waals surface area (Å²) in [6, 6.07) is 0. The van der Waals surface area contributed by atoms with Gasteiger partial charge in [0.05, 0.1) is 5.54 Å². The number of carbonyl (C=O) groups is 1. The first-order valence-electron chi connectivity index (χ1n) is 5.51. The molecule has 1 unspecified atom stereocenters. The number of primary amides is 1. The van der Waals surface area contributed by atoms with Crippen molar-refractivity contribution in [3.05, 3.63) is 0 Å². The number of likely N-dealkylation sites (N-methyl/N-ethyl adjacent to an activating group) is 1. The number of hydrogen-bond acceptors (Lipinski definition) is 7. The SMILES string of the molecule is CNC(C)(CCSc1nnc(N(C)C)s1)C(N)=O. The highest BCUT2D eigenvalue weighted by Gasteiger charge is 2.28. The number of aromatic nitrogens is 2. The zero-order valence-corrected chi connectivity index (χ0v) is 12.7. The van der Waals surface area contributed by atoms with E-state index in [0.717, 1.165) is 15.2 Å². The summed E-state index contributed by atoms with van der Waals surface area (Å²) in [4.78, 5) is 13.2. The molecule has 1 rings (SSSR count). The zero-order valence-electron chi connectivity index (χ0n) is 11.1. The Labute approximate surface area is 115 Å². The number of nitrogens with one attached hydrogen (secondary N) is 1. The Balaban J connectivity index is 2.48. The number of thioether (sulfide) groups is 1. The molecule has 1 aromatic heterocycles. The van der Waals surface area contributed by atoms with Crippen molar-refractivity contribution in [3.63, 3.8) is 0 Å². The van der Waals surface area contributed by atoms with Crippen molar-refractivity contribution in [2.75, 3.05) is 31.8 Å². The van der Waals surface area contributed by atoms with Gasteiger partial charge in [0.1, 0.15) is 0 Å². The van der Waals surface area contributed by atoms with Crippen LogP contribution in [0.4, 0.5) is 5.13 Å². The molecule has 1 amide bonds. The van der Waals surface area contributed by atoms with Crippen LogP contribution in [0.5, 0.6) is 0 Å². The molecule has 8 heteroatoms. The average Bonchev–Trinajstić information content (AvgIpc) is 2.77. The number of rotatable bonds is 7. The first kappa shape index (κ1) is 15.2. The quantitative estimate of drug-likeness (QED) is 0.713. The molecule has 0 fully saturated rings. The summed E-state index contributed by atoms with van der Waals surface area (Å²) in [6.45, 7) is 1.81. The van der Waals surface area contributed by atoms with Crippen LogP contribution < -0.4 is 16.0 Å². The predicted octanol–water partition coefficient (Wildman–Crippen LogP) is 0.550. The van der Waals surface area contributed by atoms with Gasteiger partial charge in [-0.25, -0.2) is 0 Å². The first-order chi connectivity index (χ1) is 8.39. The minimum Gasteiger partial charge on any atom is -0.368 e. The molecule has 3 N–H and O–H groups in total. The fraction of sp³-hybridized carbons (Fsp3) is 0.700. The highest BCUT2D eigenvalue weighted by Crippen LogP contribution is 2.28. The van der Waals surface area contributed by atoms with E-state index in [0.29, 0.717) is 6.42 Å². The third-order valence-electron chi connectivity index (χ3n) is 2.70. The van der Waals surface area contributed by atoms with E-state index in [1.54, 1.807) is 25.7 Å². The monoisotopic (exact) mass is 289 g/mol. The smallest absolute Gasteiger partial charge is 0.237 e. The molecule has 0 aromatic carbocycles. The molecule has 0 saturated carbocycles. The summed E-state index contributed by atoms with van der Waals surface area (Å²) in [5, 5.41) is 12.0. The predicted molar refractivity (Wildman–Crippen MR) is 76.2 cm³/mol. The Bertz CT molecular complexity index is 409. The van der Waals surface area contributed by atoms with Crippen molar-refractivity contribution in [3.8, 4) is 0 Å². The Kier molecular flexibility index (Phi) is 5.36. The van der Waals surface area contributed by atoms with Gasteiger partial charge in [0, 0.05) is 19.8 Å². The first-order valence-corrected chi connectivity index (χ1v) is 7.31. The van der Waals surface area contributed by atoms with E-state index in [2.05, 4.69) is 15.5 Å². The number of anilines is 1. The fourth-order valence-corrected chi connectivity index (χ4v) is 3.15. The van der Waals surface area contributed by atoms with Crippen LogP contribution in [0.2, 0.25) is 0 Å². The third kappa shape index (κ3) is 3.82. The Hall–Kier alpha value is -0.860. The molecule has 1 atom stereocenters. The molecule has 6 nitrogen and oxygen atoms in total. The van der Waals surface area contributed by atoms with Crippen LogP contribution >= 0.6 is 23.1 Å². The van der Waals surface area contributed by atoms with E-state index in [1.165, 1.54) is 11.3 Å². The van der Waals surface area contributed by atoms with Crippen molar-refractivity contribution in [2.24, 2.45) is 5.73 Å². The van der Waals surface area contributed by atoms with E-state index in [9.17, 15) is 4.79 Å². The minimum absolute atomic E-state index is 0.336. The maximum Gasteiger partial charge on any atom is 0.237 e. The standard InChI is InChI=1S/C10H19N5OS2/c1-10(12-2,7(11)16)5-6-17-9-14-13-8(18-9)15(3)4/h12H,5-6H2,1-4H3,(H2,11,16). The Morgan fingerprint density at radius 2 is 2.22 bits per heavy atom. The van der Waals surface area contributed by atoms with E-state index in [4.69, 9.17) is 5.73 Å². The average molecular weight is 289 g/mol. The number of carbonyl (C=O) groups excluding carboxylic acids is 1. The summed E-state index contributed by atoms with van der Waals surface area (Å²) in [5.74, 6) is 0.430. The third-order valence-corrected chi connectivity index (χ3v) is 4.93. The number of nitrogens with zero attached hydrogens (tertiary/aromatic N) is 3. The second kappa shape index (κ2) is 6.35. The minimum atomic E-state index is -0.665. The molecule has 1 aromatic rings. The molecule has 0 radical (unpaired) electrons. The molecule has 0 spiro atoms. The normalized spacial score (nSPS) is 14.2. The lowest BCUT2D eigenvalue weighted by Gasteiger charge is -2.24. The number of hydrogen-bond donors (Lipinski definition) is 2. The summed E-state index contributed by atoms with van der Waals surface area (Å²) in [7, 11) is 5.60. The summed E-state index contributed by atoms with van der Waals surface area (Å²) in [6.07, 6.45) is 0.653. The van der Waals surface area contributed by atoms with Crippen LogP contribution in [0, 0.1) is 0 Å². The maximum atomic E-state index is 11.3. The van der Waals surface area contributed by atoms with Gasteiger partial charge in [-0.1, -0.05) is 23.1 Å². The van der Waals surface area contributed by atoms with Crippen LogP contribution in [0.3, 0.4) is 0 Å². The molecule has 102 valence electrons. The van der Waals surface area contributed by atoms with Gasteiger partial charge in [-0.2, -0.15) is 0 Å². The molecule has 0 aliphatic heterocycles. The highest BCUT2D eigenvalue weighted by atomic mass is 32.2. The van der Waals surface area contributed by atoms with Crippen molar-refractivity contribution in [1.82, 2.24) is 15.5 Å². The largest absolute Gasteiger partial charge is 0.368 e. The van der Waals surface area contributed by atoms with E-state index in [1.807, 2.05) is 19.0 Å². The van der Waals surface area contributed by atoms with Crippen molar-refractivity contribution >= 4 is 34.1 Å². The topological polar surface area (TPSA) is 84.1 Å². The zero-order chi connectivity index (χ0) is 13.8. The molecular weight excluding hydrogens is 270 g/mol. The van der Waals surface area contributed by atoms with Crippen molar-refractivity contribution in [1.29, 1.82) is 0 Å². The second-order valence-electron chi connectivity index (χ2n) is 4.29. The van der Waals surface area contributed by atoms with Gasteiger partial charge >= 0.3 is 0 Å². The molecule has 0 saturated heterocycles. The maximum absolute atomic E-state index is 11.3. The molecule has 0 bridgehead atoms. The van der Waals surface area contributed by atoms with Gasteiger partial charge < -0.3 is 16.0 Å². The van der Waals surface area contributed by atoms with Crippen molar-refractivity contribution < 1.29 is 4.79 Å². The van der Waals surface area contributed by atoms with Crippen LogP contribution in [-0.4, -0.2) is 48.5 Å². The summed E-state index contributed by atoms with van der Waals surface area (Å²) >= 11 is 3.13. The van der Waals surface area contributed by atoms with Crippen LogP contribution in [-0.2, 0) is 4.79 Å². The fourth-order valence-electron chi connectivity index (χ4n) is 1.16. The Morgan fingerprint density at radius 3 is 2.67 bits per heavy atom. The molecule has 1 heterocycles. The molecule has 0 aliphatic rings. The van der Waals surface area contributed by atoms with E-state index < -0.39 is 5.54 Å². The van der Waals surface area contributed by atoms with Gasteiger partial charge in [0.25, 0.3) is 0 Å². The van der Waals surface area contributed by atoms with Crippen LogP contribution in [0.1, 0.15) is 13.3 Å². The molecule has 0 aliphatic carbocycles. The number of amides is 1. The lowest BCUT2D eigenvalue weighted by molar-refractivity contribution is -0.123. The van der Waals surface area contributed by atoms with Gasteiger partial charge in [0.15, 0.2) is 4.34 Å². The molecule has 18 heavy (non-hydrogen) atoms. The lowest BCUT2D eigenvalue weighted by atomic mass is 9.99. The highest BCUT2D eigenvalue weighted by molar-refractivity contribution is 8.01. The van der Waals surface area contributed by atoms with Gasteiger partial charge in [0.2, 0.25) is 11.0 Å². The van der Waals surface area contributed by atoms with E-state index >= 15 is 0 Å². The molecular formula is C10H19N5OS2. The van der Waals surface area contributed by atoms with Crippen LogP contribution in [0.25, 0.3) is 0 Å².